The molecule has 0 radical (unpaired) electrons. The molecule has 25 heavy (non-hydrogen) atoms. The molecule has 128 valence electrons. The predicted molar refractivity (Wildman–Crippen MR) is 102 cm³/mol. The molecule has 2 heterocycles. The number of aryl methyl sites for hydroxylation is 2. The number of thioether (sulfide) groups is 1. The van der Waals surface area contributed by atoms with E-state index in [1.54, 1.807) is 12.1 Å². The lowest BCUT2D eigenvalue weighted by Gasteiger charge is -2.13. The Kier molecular flexibility index (Phi) is 5.06. The van der Waals surface area contributed by atoms with Gasteiger partial charge in [0.25, 0.3) is 11.1 Å². The van der Waals surface area contributed by atoms with Crippen LogP contribution in [0.1, 0.15) is 16.0 Å². The Morgan fingerprint density at radius 2 is 2.00 bits per heavy atom. The molecular weight excluding hydrogens is 356 g/mol. The summed E-state index contributed by atoms with van der Waals surface area (Å²) < 4.78 is 0. The van der Waals surface area contributed by atoms with E-state index < -0.39 is 17.1 Å². The number of nitrogens with zero attached hydrogens (tertiary/aromatic N) is 1. The summed E-state index contributed by atoms with van der Waals surface area (Å²) in [5, 5.41) is 4.19. The Morgan fingerprint density at radius 3 is 2.68 bits per heavy atom. The fraction of sp³-hybridized carbons (Fsp3) is 0.167. The number of amides is 3. The first-order chi connectivity index (χ1) is 11.9. The SMILES string of the molecule is Cc1ccc(NC(=O)CN2C(=O)S/C(=C\c3cccs3)C2=O)cc1C. The van der Waals surface area contributed by atoms with Crippen LogP contribution in [0.5, 0.6) is 0 Å². The zero-order valence-electron chi connectivity index (χ0n) is 13.7. The molecule has 1 fully saturated rings. The second-order valence-corrected chi connectivity index (χ2v) is 7.60. The van der Waals surface area contributed by atoms with E-state index in [2.05, 4.69) is 5.32 Å². The number of rotatable bonds is 4. The van der Waals surface area contributed by atoms with Gasteiger partial charge in [0.2, 0.25) is 5.91 Å². The van der Waals surface area contributed by atoms with Gasteiger partial charge in [0, 0.05) is 10.6 Å². The van der Waals surface area contributed by atoms with E-state index in [0.29, 0.717) is 10.6 Å². The van der Waals surface area contributed by atoms with Gasteiger partial charge in [0.05, 0.1) is 4.91 Å². The smallest absolute Gasteiger partial charge is 0.294 e. The normalized spacial score (nSPS) is 15.9. The number of imide groups is 1. The molecule has 0 atom stereocenters. The molecule has 1 aliphatic heterocycles. The summed E-state index contributed by atoms with van der Waals surface area (Å²) in [6.45, 7) is 3.65. The number of nitrogens with one attached hydrogen (secondary N) is 1. The lowest BCUT2D eigenvalue weighted by molar-refractivity contribution is -0.127. The van der Waals surface area contributed by atoms with E-state index in [9.17, 15) is 14.4 Å². The van der Waals surface area contributed by atoms with Crippen LogP contribution in [-0.2, 0) is 9.59 Å². The molecule has 0 spiro atoms. The standard InChI is InChI=1S/C18H16N2O3S2/c1-11-5-6-13(8-12(11)2)19-16(21)10-20-17(22)15(25-18(20)23)9-14-4-3-7-24-14/h3-9H,10H2,1-2H3,(H,19,21)/b15-9-. The third-order valence-electron chi connectivity index (χ3n) is 3.78. The first-order valence-electron chi connectivity index (χ1n) is 7.60. The molecule has 0 bridgehead atoms. The third-order valence-corrected chi connectivity index (χ3v) is 5.51. The van der Waals surface area contributed by atoms with Crippen molar-refractivity contribution in [3.8, 4) is 0 Å². The minimum absolute atomic E-state index is 0.292. The van der Waals surface area contributed by atoms with E-state index >= 15 is 0 Å². The number of carbonyl (C=O) groups is 3. The van der Waals surface area contributed by atoms with Crippen LogP contribution in [0.15, 0.2) is 40.6 Å². The molecule has 0 saturated carbocycles. The number of hydrogen-bond acceptors (Lipinski definition) is 5. The van der Waals surface area contributed by atoms with Crippen molar-refractivity contribution in [2.24, 2.45) is 0 Å². The van der Waals surface area contributed by atoms with Gasteiger partial charge in [-0.05, 0) is 66.4 Å². The van der Waals surface area contributed by atoms with Crippen LogP contribution in [0.25, 0.3) is 6.08 Å². The van der Waals surface area contributed by atoms with Crippen LogP contribution in [0.2, 0.25) is 0 Å². The highest BCUT2D eigenvalue weighted by Crippen LogP contribution is 2.32. The summed E-state index contributed by atoms with van der Waals surface area (Å²) in [7, 11) is 0. The summed E-state index contributed by atoms with van der Waals surface area (Å²) in [4.78, 5) is 38.8. The van der Waals surface area contributed by atoms with Gasteiger partial charge < -0.3 is 5.32 Å². The van der Waals surface area contributed by atoms with Crippen LogP contribution in [0, 0.1) is 13.8 Å². The quantitative estimate of drug-likeness (QED) is 0.823. The van der Waals surface area contributed by atoms with Crippen molar-refractivity contribution in [3.63, 3.8) is 0 Å². The minimum atomic E-state index is -0.432. The van der Waals surface area contributed by atoms with Gasteiger partial charge in [-0.15, -0.1) is 11.3 Å². The Labute approximate surface area is 153 Å². The Bertz CT molecular complexity index is 872. The second-order valence-electron chi connectivity index (χ2n) is 5.63. The molecule has 2 aromatic rings. The molecule has 1 saturated heterocycles. The van der Waals surface area contributed by atoms with E-state index in [1.807, 2.05) is 43.5 Å². The van der Waals surface area contributed by atoms with Gasteiger partial charge in [0.1, 0.15) is 6.54 Å². The monoisotopic (exact) mass is 372 g/mol. The zero-order valence-corrected chi connectivity index (χ0v) is 15.4. The van der Waals surface area contributed by atoms with Crippen molar-refractivity contribution in [2.45, 2.75) is 13.8 Å². The van der Waals surface area contributed by atoms with E-state index in [-0.39, 0.29) is 6.54 Å². The fourth-order valence-electron chi connectivity index (χ4n) is 2.30. The molecule has 7 heteroatoms. The van der Waals surface area contributed by atoms with Crippen LogP contribution in [0.3, 0.4) is 0 Å². The van der Waals surface area contributed by atoms with Crippen molar-refractivity contribution in [2.75, 3.05) is 11.9 Å². The van der Waals surface area contributed by atoms with E-state index in [1.165, 1.54) is 11.3 Å². The Hall–Kier alpha value is -2.38. The molecule has 1 aromatic heterocycles. The molecule has 3 amide bonds. The highest BCUT2D eigenvalue weighted by molar-refractivity contribution is 8.18. The van der Waals surface area contributed by atoms with Gasteiger partial charge in [0.15, 0.2) is 0 Å². The fourth-order valence-corrected chi connectivity index (χ4v) is 3.86. The molecular formula is C18H16N2O3S2. The van der Waals surface area contributed by atoms with Crippen LogP contribution in [0.4, 0.5) is 10.5 Å². The summed E-state index contributed by atoms with van der Waals surface area (Å²) in [6, 6.07) is 9.31. The van der Waals surface area contributed by atoms with Crippen LogP contribution in [-0.4, -0.2) is 28.5 Å². The number of hydrogen-bond donors (Lipinski definition) is 1. The predicted octanol–water partition coefficient (Wildman–Crippen LogP) is 4.04. The summed E-state index contributed by atoms with van der Waals surface area (Å²) in [6.07, 6.45) is 1.68. The van der Waals surface area contributed by atoms with Crippen molar-refractivity contribution >= 4 is 51.9 Å². The number of anilines is 1. The van der Waals surface area contributed by atoms with Crippen LogP contribution >= 0.6 is 23.1 Å². The van der Waals surface area contributed by atoms with Crippen molar-refractivity contribution < 1.29 is 14.4 Å². The molecule has 3 rings (SSSR count). The van der Waals surface area contributed by atoms with Crippen molar-refractivity contribution in [3.05, 3.63) is 56.6 Å². The van der Waals surface area contributed by atoms with Gasteiger partial charge in [-0.1, -0.05) is 12.1 Å². The number of carbonyl (C=O) groups excluding carboxylic acids is 3. The molecule has 1 N–H and O–H groups in total. The molecule has 0 aliphatic carbocycles. The second kappa shape index (κ2) is 7.25. The van der Waals surface area contributed by atoms with E-state index in [4.69, 9.17) is 0 Å². The van der Waals surface area contributed by atoms with Gasteiger partial charge in [-0.3, -0.25) is 19.3 Å². The first-order valence-corrected chi connectivity index (χ1v) is 9.29. The number of thiophene rings is 1. The molecule has 5 nitrogen and oxygen atoms in total. The average Bonchev–Trinajstić information content (AvgIpc) is 3.15. The van der Waals surface area contributed by atoms with Gasteiger partial charge in [-0.2, -0.15) is 0 Å². The zero-order chi connectivity index (χ0) is 18.0. The Balaban J connectivity index is 1.67. The minimum Gasteiger partial charge on any atom is -0.325 e. The average molecular weight is 372 g/mol. The van der Waals surface area contributed by atoms with Crippen LogP contribution < -0.4 is 5.32 Å². The molecule has 1 aliphatic rings. The topological polar surface area (TPSA) is 66.5 Å². The van der Waals surface area contributed by atoms with Crippen molar-refractivity contribution in [1.82, 2.24) is 4.90 Å². The maximum atomic E-state index is 12.4. The maximum absolute atomic E-state index is 12.4. The van der Waals surface area contributed by atoms with Crippen molar-refractivity contribution in [1.29, 1.82) is 0 Å². The Morgan fingerprint density at radius 1 is 1.20 bits per heavy atom. The number of benzene rings is 1. The highest BCUT2D eigenvalue weighted by Gasteiger charge is 2.36. The maximum Gasteiger partial charge on any atom is 0.294 e. The van der Waals surface area contributed by atoms with E-state index in [0.717, 1.165) is 32.7 Å². The van der Waals surface area contributed by atoms with Gasteiger partial charge in [-0.25, -0.2) is 0 Å². The largest absolute Gasteiger partial charge is 0.325 e. The molecule has 1 aromatic carbocycles. The summed E-state index contributed by atoms with van der Waals surface area (Å²) in [5.41, 5.74) is 2.83. The first kappa shape index (κ1) is 17.4. The summed E-state index contributed by atoms with van der Waals surface area (Å²) in [5.74, 6) is -0.832. The summed E-state index contributed by atoms with van der Waals surface area (Å²) >= 11 is 2.34. The highest BCUT2D eigenvalue weighted by atomic mass is 32.2. The van der Waals surface area contributed by atoms with Gasteiger partial charge >= 0.3 is 0 Å². The third kappa shape index (κ3) is 4.00. The molecule has 0 unspecified atom stereocenters. The lowest BCUT2D eigenvalue weighted by atomic mass is 10.1. The lowest BCUT2D eigenvalue weighted by Crippen LogP contribution is -2.36.